The van der Waals surface area contributed by atoms with E-state index >= 15 is 0 Å². The Morgan fingerprint density at radius 3 is 1.31 bits per heavy atom. The van der Waals surface area contributed by atoms with Gasteiger partial charge in [-0.15, -0.1) is 0 Å². The fourth-order valence-corrected chi connectivity index (χ4v) is 4.94. The highest BCUT2D eigenvalue weighted by Gasteiger charge is 2.66. The van der Waals surface area contributed by atoms with Crippen LogP contribution in [0.15, 0.2) is 0 Å². The summed E-state index contributed by atoms with van der Waals surface area (Å²) in [6.07, 6.45) is -19.3. The molecule has 2 saturated heterocycles. The molecule has 0 amide bonds. The van der Waals surface area contributed by atoms with Crippen LogP contribution in [0.5, 0.6) is 0 Å². The summed E-state index contributed by atoms with van der Waals surface area (Å²) in [4.78, 5) is 4.11. The minimum Gasteiger partial charge on any atom is -0.379 e. The van der Waals surface area contributed by atoms with Crippen molar-refractivity contribution in [1.82, 2.24) is 19.4 Å². The van der Waals surface area contributed by atoms with Crippen molar-refractivity contribution in [2.75, 3.05) is 92.9 Å². The zero-order valence-corrected chi connectivity index (χ0v) is 27.3. The van der Waals surface area contributed by atoms with Gasteiger partial charge in [-0.25, -0.2) is 8.42 Å². The lowest BCUT2D eigenvalue weighted by Gasteiger charge is -2.30. The van der Waals surface area contributed by atoms with Crippen molar-refractivity contribution in [2.45, 2.75) is 47.5 Å². The average Bonchev–Trinajstić information content (AvgIpc) is 2.93. The van der Waals surface area contributed by atoms with E-state index < -0.39 is 74.3 Å². The van der Waals surface area contributed by atoms with E-state index in [0.717, 1.165) is 39.4 Å². The van der Waals surface area contributed by atoms with Crippen LogP contribution in [0.3, 0.4) is 0 Å². The summed E-state index contributed by atoms with van der Waals surface area (Å²) in [6, 6.07) is 0. The van der Waals surface area contributed by atoms with Crippen molar-refractivity contribution in [3.63, 3.8) is 0 Å². The summed E-state index contributed by atoms with van der Waals surface area (Å²) >= 11 is 0. The molecule has 2 rings (SSSR count). The molecule has 0 spiro atoms. The molecule has 296 valence electrons. The minimum absolute atomic E-state index is 0.0187. The predicted molar refractivity (Wildman–Crippen MR) is 141 cm³/mol. The van der Waals surface area contributed by atoms with E-state index in [4.69, 9.17) is 9.47 Å². The third kappa shape index (κ3) is 15.4. The topological polar surface area (TPSA) is 108 Å². The molecule has 2 heterocycles. The highest BCUT2D eigenvalue weighted by atomic mass is 32.3. The molecule has 0 saturated carbocycles. The zero-order chi connectivity index (χ0) is 38.8. The van der Waals surface area contributed by atoms with Crippen LogP contribution in [0.25, 0.3) is 0 Å². The monoisotopic (exact) mass is 800 g/mol. The zero-order valence-electron chi connectivity index (χ0n) is 25.7. The first kappa shape index (κ1) is 47.6. The van der Waals surface area contributed by atoms with Gasteiger partial charge >= 0.3 is 44.9 Å². The Kier molecular flexibility index (Phi) is 17.9. The largest absolute Gasteiger partial charge is 0.453 e. The number of halogens is 15. The van der Waals surface area contributed by atoms with Crippen LogP contribution in [0.1, 0.15) is 12.8 Å². The first-order valence-electron chi connectivity index (χ1n) is 13.6. The second-order valence-electron chi connectivity index (χ2n) is 10.3. The standard InChI is InChI=1S/C11H17F7N2O3S.C7H16N2O.C4H2F8O2S/c1-19(2-3-20-4-6-23-7-5-20)24(21,22)10(14,15)8-9(12,13)11(16,17)18;1-8-2-3-9-4-6-10-7-5-9;5-2(6,4(9,10)11)1-3(7,8)15(12,13)14/h2-8H2,1H3;8H,2-7H2,1H3;1H2. The summed E-state index contributed by atoms with van der Waals surface area (Å²) in [7, 11) is -9.79. The van der Waals surface area contributed by atoms with Crippen LogP contribution in [0.4, 0.5) is 65.4 Å². The molecule has 1 N–H and O–H groups in total. The Hall–Kier alpha value is -1.39. The number of rotatable bonds is 13. The number of likely N-dealkylation sites (N-methyl/N-ethyl adjacent to an activating group) is 2. The van der Waals surface area contributed by atoms with Gasteiger partial charge in [-0.2, -0.15) is 74.2 Å². The second kappa shape index (κ2) is 18.4. The summed E-state index contributed by atoms with van der Waals surface area (Å²) < 4.78 is 235. The van der Waals surface area contributed by atoms with Gasteiger partial charge in [0, 0.05) is 59.4 Å². The third-order valence-corrected chi connectivity index (χ3v) is 9.21. The molecular weight excluding hydrogens is 765 g/mol. The molecule has 27 heteroatoms. The molecule has 0 aliphatic carbocycles. The quantitative estimate of drug-likeness (QED) is 0.220. The molecule has 2 aliphatic rings. The van der Waals surface area contributed by atoms with Crippen LogP contribution >= 0.6 is 0 Å². The Morgan fingerprint density at radius 2 is 0.980 bits per heavy atom. The molecule has 10 nitrogen and oxygen atoms in total. The predicted octanol–water partition coefficient (Wildman–Crippen LogP) is 3.76. The Morgan fingerprint density at radius 1 is 0.633 bits per heavy atom. The lowest BCUT2D eigenvalue weighted by atomic mass is 10.2. The van der Waals surface area contributed by atoms with Crippen LogP contribution < -0.4 is 5.32 Å². The lowest BCUT2D eigenvalue weighted by Crippen LogP contribution is -2.50. The summed E-state index contributed by atoms with van der Waals surface area (Å²) in [5.41, 5.74) is 0. The van der Waals surface area contributed by atoms with E-state index in [-0.39, 0.29) is 10.8 Å². The van der Waals surface area contributed by atoms with Crippen molar-refractivity contribution in [1.29, 1.82) is 0 Å². The van der Waals surface area contributed by atoms with Crippen molar-refractivity contribution in [3.05, 3.63) is 0 Å². The van der Waals surface area contributed by atoms with E-state index in [0.29, 0.717) is 33.4 Å². The number of morpholine rings is 2. The number of nitrogens with zero attached hydrogens (tertiary/aromatic N) is 3. The fraction of sp³-hybridized carbons (Fsp3) is 1.00. The van der Waals surface area contributed by atoms with Crippen molar-refractivity contribution < 1.29 is 91.7 Å². The van der Waals surface area contributed by atoms with Crippen molar-refractivity contribution >= 4 is 20.2 Å². The number of sulfonamides is 1. The van der Waals surface area contributed by atoms with Crippen LogP contribution in [-0.2, 0) is 29.7 Å². The molecule has 0 aromatic carbocycles. The van der Waals surface area contributed by atoms with Gasteiger partial charge < -0.3 is 14.8 Å². The number of alkyl halides is 14. The molecule has 0 bridgehead atoms. The summed E-state index contributed by atoms with van der Waals surface area (Å²) in [5.74, 6) is -11.8. The maximum Gasteiger partial charge on any atom is 0.453 e. The molecule has 2 aliphatic heterocycles. The van der Waals surface area contributed by atoms with E-state index in [1.165, 1.54) is 0 Å². The Balaban J connectivity index is 0.000000782. The van der Waals surface area contributed by atoms with Crippen LogP contribution in [0.2, 0.25) is 0 Å². The van der Waals surface area contributed by atoms with Gasteiger partial charge in [-0.1, -0.05) is 3.89 Å². The lowest BCUT2D eigenvalue weighted by molar-refractivity contribution is -0.294. The van der Waals surface area contributed by atoms with E-state index in [1.54, 1.807) is 4.90 Å². The number of ether oxygens (including phenoxy) is 2. The second-order valence-corrected chi connectivity index (χ2v) is 14.0. The maximum atomic E-state index is 13.6. The normalized spacial score (nSPS) is 18.4. The molecule has 0 aromatic rings. The Labute approximate surface area is 272 Å². The van der Waals surface area contributed by atoms with Crippen LogP contribution in [-0.4, -0.2) is 159 Å². The van der Waals surface area contributed by atoms with Gasteiger partial charge in [0.2, 0.25) is 0 Å². The van der Waals surface area contributed by atoms with E-state index in [9.17, 15) is 82.2 Å². The van der Waals surface area contributed by atoms with Gasteiger partial charge in [-0.3, -0.25) is 9.80 Å². The SMILES string of the molecule is CN(CCN1CCOCC1)S(=O)(=O)C(F)(F)CC(F)(F)C(F)(F)F.CNCCN1CCOCC1.O=S(=O)(F)C(F)(F)CC(F)(F)C(F)(F)F. The van der Waals surface area contributed by atoms with Gasteiger partial charge in [0.15, 0.2) is 0 Å². The van der Waals surface area contributed by atoms with E-state index in [2.05, 4.69) is 10.2 Å². The first-order chi connectivity index (χ1) is 21.8. The highest BCUT2D eigenvalue weighted by Crippen LogP contribution is 2.46. The smallest absolute Gasteiger partial charge is 0.379 e. The summed E-state index contributed by atoms with van der Waals surface area (Å²) in [5, 5.41) is -7.91. The van der Waals surface area contributed by atoms with Crippen molar-refractivity contribution in [2.24, 2.45) is 0 Å². The van der Waals surface area contributed by atoms with Crippen LogP contribution in [0, 0.1) is 0 Å². The number of hydrogen-bond acceptors (Lipinski definition) is 9. The van der Waals surface area contributed by atoms with Gasteiger partial charge in [-0.05, 0) is 7.05 Å². The first-order valence-corrected chi connectivity index (χ1v) is 16.5. The Bertz CT molecular complexity index is 1190. The molecule has 0 unspecified atom stereocenters. The highest BCUT2D eigenvalue weighted by molar-refractivity contribution is 7.90. The van der Waals surface area contributed by atoms with Gasteiger partial charge in [0.25, 0.3) is 10.0 Å². The average molecular weight is 801 g/mol. The number of nitrogens with one attached hydrogen (secondary N) is 1. The number of hydrogen-bond donors (Lipinski definition) is 1. The third-order valence-electron chi connectivity index (χ3n) is 6.45. The van der Waals surface area contributed by atoms with Gasteiger partial charge in [0.05, 0.1) is 26.4 Å². The molecule has 0 atom stereocenters. The molecule has 2 fully saturated rings. The summed E-state index contributed by atoms with van der Waals surface area (Å²) in [6.45, 7) is 7.37. The molecule has 49 heavy (non-hydrogen) atoms. The fourth-order valence-electron chi connectivity index (χ4n) is 3.44. The minimum atomic E-state index is -6.81. The molecular formula is C22H35F15N4O6S2. The maximum absolute atomic E-state index is 13.6. The molecule has 0 aromatic heterocycles. The van der Waals surface area contributed by atoms with Crippen molar-refractivity contribution in [3.8, 4) is 0 Å². The van der Waals surface area contributed by atoms with Gasteiger partial charge in [0.1, 0.15) is 12.8 Å². The molecule has 0 radical (unpaired) electrons. The van der Waals surface area contributed by atoms with E-state index in [1.807, 2.05) is 7.05 Å².